The van der Waals surface area contributed by atoms with Crippen LogP contribution < -0.4 is 5.32 Å². The van der Waals surface area contributed by atoms with Crippen molar-refractivity contribution in [1.82, 2.24) is 10.2 Å². The fraction of sp³-hybridized carbons (Fsp3) is 1.00. The average molecular weight is 252 g/mol. The third-order valence-electron chi connectivity index (χ3n) is 5.08. The molecule has 1 heterocycles. The zero-order valence-corrected chi connectivity index (χ0v) is 12.5. The molecule has 1 saturated carbocycles. The van der Waals surface area contributed by atoms with Gasteiger partial charge >= 0.3 is 0 Å². The van der Waals surface area contributed by atoms with E-state index in [-0.39, 0.29) is 0 Å². The normalized spacial score (nSPS) is 35.3. The topological polar surface area (TPSA) is 15.3 Å². The Labute approximate surface area is 114 Å². The molecule has 2 fully saturated rings. The fourth-order valence-corrected chi connectivity index (χ4v) is 3.93. The summed E-state index contributed by atoms with van der Waals surface area (Å²) >= 11 is 0. The van der Waals surface area contributed by atoms with Crippen molar-refractivity contribution in [2.75, 3.05) is 19.6 Å². The van der Waals surface area contributed by atoms with E-state index < -0.39 is 0 Å². The highest BCUT2D eigenvalue weighted by Gasteiger charge is 2.33. The molecular formula is C16H32N2. The average Bonchev–Trinajstić information content (AvgIpc) is 2.68. The lowest BCUT2D eigenvalue weighted by Gasteiger charge is -2.43. The molecular weight excluding hydrogens is 220 g/mol. The van der Waals surface area contributed by atoms with Crippen LogP contribution in [0.25, 0.3) is 0 Å². The number of hydrogen-bond donors (Lipinski definition) is 1. The van der Waals surface area contributed by atoms with E-state index in [0.717, 1.165) is 24.5 Å². The van der Waals surface area contributed by atoms with Crippen LogP contribution in [0, 0.1) is 5.92 Å². The minimum atomic E-state index is 0.760. The molecule has 1 N–H and O–H groups in total. The van der Waals surface area contributed by atoms with Crippen LogP contribution in [-0.2, 0) is 0 Å². The van der Waals surface area contributed by atoms with Crippen LogP contribution in [0.1, 0.15) is 65.2 Å². The van der Waals surface area contributed by atoms with Crippen LogP contribution in [0.3, 0.4) is 0 Å². The SMILES string of the molecule is CCNC1CCC(CC)CC1N1CCCCCC1. The maximum absolute atomic E-state index is 3.76. The lowest BCUT2D eigenvalue weighted by molar-refractivity contribution is 0.0989. The van der Waals surface area contributed by atoms with Gasteiger partial charge in [-0.1, -0.05) is 33.1 Å². The van der Waals surface area contributed by atoms with Gasteiger partial charge in [0.25, 0.3) is 0 Å². The van der Waals surface area contributed by atoms with E-state index in [2.05, 4.69) is 24.1 Å². The van der Waals surface area contributed by atoms with Crippen molar-refractivity contribution in [2.24, 2.45) is 5.92 Å². The summed E-state index contributed by atoms with van der Waals surface area (Å²) in [4.78, 5) is 2.82. The van der Waals surface area contributed by atoms with Crippen LogP contribution in [-0.4, -0.2) is 36.6 Å². The zero-order chi connectivity index (χ0) is 12.8. The van der Waals surface area contributed by atoms with Gasteiger partial charge in [-0.15, -0.1) is 0 Å². The smallest absolute Gasteiger partial charge is 0.0251 e. The Bertz CT molecular complexity index is 221. The molecule has 1 aliphatic heterocycles. The highest BCUT2D eigenvalue weighted by molar-refractivity contribution is 4.91. The molecule has 0 radical (unpaired) electrons. The third-order valence-corrected chi connectivity index (χ3v) is 5.08. The standard InChI is InChI=1S/C16H32N2/c1-3-14-9-10-15(17-4-2)16(13-14)18-11-7-5-6-8-12-18/h14-17H,3-13H2,1-2H3. The number of rotatable bonds is 4. The maximum Gasteiger partial charge on any atom is 0.0251 e. The maximum atomic E-state index is 3.76. The monoisotopic (exact) mass is 252 g/mol. The lowest BCUT2D eigenvalue weighted by Crippen LogP contribution is -2.53. The first-order valence-electron chi connectivity index (χ1n) is 8.32. The Morgan fingerprint density at radius 2 is 1.72 bits per heavy atom. The summed E-state index contributed by atoms with van der Waals surface area (Å²) in [5.41, 5.74) is 0. The molecule has 0 aromatic heterocycles. The molecule has 3 unspecified atom stereocenters. The minimum Gasteiger partial charge on any atom is -0.313 e. The molecule has 1 saturated heterocycles. The fourth-order valence-electron chi connectivity index (χ4n) is 3.93. The molecule has 0 aromatic rings. The van der Waals surface area contributed by atoms with Gasteiger partial charge in [-0.05, 0) is 57.7 Å². The molecule has 0 spiro atoms. The van der Waals surface area contributed by atoms with Gasteiger partial charge in [-0.3, -0.25) is 4.90 Å². The van der Waals surface area contributed by atoms with Crippen molar-refractivity contribution in [2.45, 2.75) is 77.3 Å². The molecule has 106 valence electrons. The zero-order valence-electron chi connectivity index (χ0n) is 12.5. The second kappa shape index (κ2) is 7.49. The predicted octanol–water partition coefficient (Wildman–Crippen LogP) is 3.42. The van der Waals surface area contributed by atoms with Crippen LogP contribution in [0.4, 0.5) is 0 Å². The van der Waals surface area contributed by atoms with Gasteiger partial charge in [0.1, 0.15) is 0 Å². The Balaban J connectivity index is 1.98. The molecule has 0 amide bonds. The molecule has 2 heteroatoms. The lowest BCUT2D eigenvalue weighted by atomic mass is 9.80. The summed E-state index contributed by atoms with van der Waals surface area (Å²) in [5, 5.41) is 3.76. The van der Waals surface area contributed by atoms with E-state index in [4.69, 9.17) is 0 Å². The number of nitrogens with zero attached hydrogens (tertiary/aromatic N) is 1. The van der Waals surface area contributed by atoms with Crippen molar-refractivity contribution < 1.29 is 0 Å². The minimum absolute atomic E-state index is 0.760. The summed E-state index contributed by atoms with van der Waals surface area (Å²) < 4.78 is 0. The van der Waals surface area contributed by atoms with Crippen molar-refractivity contribution in [3.05, 3.63) is 0 Å². The highest BCUT2D eigenvalue weighted by Crippen LogP contribution is 2.31. The Kier molecular flexibility index (Phi) is 5.97. The Morgan fingerprint density at radius 3 is 2.33 bits per heavy atom. The van der Waals surface area contributed by atoms with Gasteiger partial charge < -0.3 is 5.32 Å². The van der Waals surface area contributed by atoms with Crippen molar-refractivity contribution in [3.63, 3.8) is 0 Å². The first kappa shape index (κ1) is 14.3. The summed E-state index contributed by atoms with van der Waals surface area (Å²) in [7, 11) is 0. The van der Waals surface area contributed by atoms with E-state index in [1.54, 1.807) is 0 Å². The quantitative estimate of drug-likeness (QED) is 0.825. The van der Waals surface area contributed by atoms with Crippen LogP contribution >= 0.6 is 0 Å². The molecule has 2 nitrogen and oxygen atoms in total. The van der Waals surface area contributed by atoms with E-state index in [0.29, 0.717) is 0 Å². The third kappa shape index (κ3) is 3.71. The Hall–Kier alpha value is -0.0800. The summed E-state index contributed by atoms with van der Waals surface area (Å²) in [6.07, 6.45) is 11.4. The van der Waals surface area contributed by atoms with Crippen molar-refractivity contribution >= 4 is 0 Å². The van der Waals surface area contributed by atoms with E-state index in [9.17, 15) is 0 Å². The molecule has 2 aliphatic rings. The van der Waals surface area contributed by atoms with E-state index in [1.165, 1.54) is 64.5 Å². The Morgan fingerprint density at radius 1 is 1.00 bits per heavy atom. The van der Waals surface area contributed by atoms with Crippen molar-refractivity contribution in [3.8, 4) is 0 Å². The van der Waals surface area contributed by atoms with Crippen LogP contribution in [0.15, 0.2) is 0 Å². The molecule has 18 heavy (non-hydrogen) atoms. The van der Waals surface area contributed by atoms with E-state index >= 15 is 0 Å². The molecule has 1 aliphatic carbocycles. The summed E-state index contributed by atoms with van der Waals surface area (Å²) in [5.74, 6) is 0.980. The first-order valence-corrected chi connectivity index (χ1v) is 8.32. The summed E-state index contributed by atoms with van der Waals surface area (Å²) in [6.45, 7) is 8.46. The number of likely N-dealkylation sites (N-methyl/N-ethyl adjacent to an activating group) is 1. The molecule has 3 atom stereocenters. The number of hydrogen-bond acceptors (Lipinski definition) is 2. The predicted molar refractivity (Wildman–Crippen MR) is 78.9 cm³/mol. The largest absolute Gasteiger partial charge is 0.313 e. The second-order valence-electron chi connectivity index (χ2n) is 6.27. The van der Waals surface area contributed by atoms with Gasteiger partial charge in [0.15, 0.2) is 0 Å². The molecule has 2 rings (SSSR count). The van der Waals surface area contributed by atoms with Gasteiger partial charge in [-0.25, -0.2) is 0 Å². The van der Waals surface area contributed by atoms with Gasteiger partial charge in [-0.2, -0.15) is 0 Å². The first-order chi connectivity index (χ1) is 8.85. The number of likely N-dealkylation sites (tertiary alicyclic amines) is 1. The van der Waals surface area contributed by atoms with Crippen molar-refractivity contribution in [1.29, 1.82) is 0 Å². The number of nitrogens with one attached hydrogen (secondary N) is 1. The summed E-state index contributed by atoms with van der Waals surface area (Å²) in [6, 6.07) is 1.58. The van der Waals surface area contributed by atoms with E-state index in [1.807, 2.05) is 0 Å². The van der Waals surface area contributed by atoms with Crippen LogP contribution in [0.5, 0.6) is 0 Å². The van der Waals surface area contributed by atoms with Gasteiger partial charge in [0.2, 0.25) is 0 Å². The van der Waals surface area contributed by atoms with Crippen LogP contribution in [0.2, 0.25) is 0 Å². The highest BCUT2D eigenvalue weighted by atomic mass is 15.2. The second-order valence-corrected chi connectivity index (χ2v) is 6.27. The van der Waals surface area contributed by atoms with Gasteiger partial charge in [0, 0.05) is 12.1 Å². The van der Waals surface area contributed by atoms with Gasteiger partial charge in [0.05, 0.1) is 0 Å². The molecule has 0 aromatic carbocycles. The molecule has 0 bridgehead atoms.